The highest BCUT2D eigenvalue weighted by Gasteiger charge is 2.24. The summed E-state index contributed by atoms with van der Waals surface area (Å²) in [7, 11) is 0. The van der Waals surface area contributed by atoms with Crippen molar-refractivity contribution < 1.29 is 0 Å². The first-order chi connectivity index (χ1) is 11.5. The van der Waals surface area contributed by atoms with Gasteiger partial charge >= 0.3 is 0 Å². The fourth-order valence-corrected chi connectivity index (χ4v) is 3.64. The maximum Gasteiger partial charge on any atom is 0.133 e. The number of rotatable bonds is 2. The van der Waals surface area contributed by atoms with E-state index >= 15 is 0 Å². The summed E-state index contributed by atoms with van der Waals surface area (Å²) >= 11 is 0. The van der Waals surface area contributed by atoms with Crippen LogP contribution in [0.2, 0.25) is 0 Å². The highest BCUT2D eigenvalue weighted by Crippen LogP contribution is 2.36. The molecule has 1 aromatic heterocycles. The highest BCUT2D eigenvalue weighted by molar-refractivity contribution is 5.74. The van der Waals surface area contributed by atoms with Crippen molar-refractivity contribution in [2.75, 3.05) is 11.9 Å². The predicted molar refractivity (Wildman–Crippen MR) is 100 cm³/mol. The Bertz CT molecular complexity index is 914. The van der Waals surface area contributed by atoms with Crippen LogP contribution in [0.15, 0.2) is 36.4 Å². The van der Waals surface area contributed by atoms with Crippen LogP contribution < -0.4 is 5.32 Å². The van der Waals surface area contributed by atoms with Crippen LogP contribution in [-0.2, 0) is 6.42 Å². The summed E-state index contributed by atoms with van der Waals surface area (Å²) in [5.74, 6) is 1.15. The molecule has 0 spiro atoms. The van der Waals surface area contributed by atoms with Gasteiger partial charge in [-0.25, -0.2) is 4.68 Å². The molecule has 122 valence electrons. The van der Waals surface area contributed by atoms with E-state index in [1.165, 1.54) is 33.4 Å². The van der Waals surface area contributed by atoms with Gasteiger partial charge in [0, 0.05) is 17.7 Å². The molecule has 3 heteroatoms. The number of nitrogens with one attached hydrogen (secondary N) is 1. The quantitative estimate of drug-likeness (QED) is 0.740. The maximum atomic E-state index is 5.01. The number of hydrogen-bond donors (Lipinski definition) is 1. The fourth-order valence-electron chi connectivity index (χ4n) is 3.64. The zero-order valence-corrected chi connectivity index (χ0v) is 14.8. The number of fused-ring (bicyclic) bond motifs is 1. The Morgan fingerprint density at radius 3 is 2.42 bits per heavy atom. The summed E-state index contributed by atoms with van der Waals surface area (Å²) in [6.07, 6.45) is 1.03. The maximum absolute atomic E-state index is 5.01. The Morgan fingerprint density at radius 1 is 0.917 bits per heavy atom. The fraction of sp³-hybridized carbons (Fsp3) is 0.286. The van der Waals surface area contributed by atoms with Crippen LogP contribution in [0.4, 0.5) is 5.82 Å². The molecule has 0 saturated carbocycles. The standard InChI is InChI=1S/C21H23N3/c1-13-5-6-16(4)19(12-13)24-21-18(7-8-22-21)20(23-24)17-10-14(2)9-15(3)11-17/h5-6,9-12,22H,7-8H2,1-4H3. The van der Waals surface area contributed by atoms with E-state index in [-0.39, 0.29) is 0 Å². The third-order valence-corrected chi connectivity index (χ3v) is 4.74. The molecule has 3 aromatic rings. The van der Waals surface area contributed by atoms with Crippen molar-refractivity contribution in [2.45, 2.75) is 34.1 Å². The second-order valence-electron chi connectivity index (χ2n) is 6.93. The van der Waals surface area contributed by atoms with E-state index in [2.05, 4.69) is 74.1 Å². The van der Waals surface area contributed by atoms with E-state index in [1.807, 2.05) is 0 Å². The summed E-state index contributed by atoms with van der Waals surface area (Å²) in [5, 5.41) is 8.54. The summed E-state index contributed by atoms with van der Waals surface area (Å²) in [4.78, 5) is 0. The van der Waals surface area contributed by atoms with E-state index in [1.54, 1.807) is 0 Å². The molecule has 1 aliphatic heterocycles. The minimum atomic E-state index is 0.982. The van der Waals surface area contributed by atoms with E-state index in [4.69, 9.17) is 5.10 Å². The topological polar surface area (TPSA) is 29.9 Å². The first kappa shape index (κ1) is 15.0. The molecule has 24 heavy (non-hydrogen) atoms. The predicted octanol–water partition coefficient (Wildman–Crippen LogP) is 4.74. The van der Waals surface area contributed by atoms with Crippen molar-refractivity contribution in [2.24, 2.45) is 0 Å². The molecule has 2 aromatic carbocycles. The van der Waals surface area contributed by atoms with Crippen molar-refractivity contribution in [3.63, 3.8) is 0 Å². The van der Waals surface area contributed by atoms with Crippen LogP contribution >= 0.6 is 0 Å². The average Bonchev–Trinajstić information content (AvgIpc) is 3.11. The molecular weight excluding hydrogens is 294 g/mol. The van der Waals surface area contributed by atoms with Crippen LogP contribution in [-0.4, -0.2) is 16.3 Å². The zero-order chi connectivity index (χ0) is 16.8. The Morgan fingerprint density at radius 2 is 1.67 bits per heavy atom. The monoisotopic (exact) mass is 317 g/mol. The molecule has 1 aliphatic rings. The molecule has 0 saturated heterocycles. The van der Waals surface area contributed by atoms with E-state index in [0.29, 0.717) is 0 Å². The van der Waals surface area contributed by atoms with Gasteiger partial charge in [0.05, 0.1) is 11.4 Å². The van der Waals surface area contributed by atoms with Crippen molar-refractivity contribution >= 4 is 5.82 Å². The van der Waals surface area contributed by atoms with Gasteiger partial charge in [-0.2, -0.15) is 5.10 Å². The molecule has 3 nitrogen and oxygen atoms in total. The van der Waals surface area contributed by atoms with E-state index in [9.17, 15) is 0 Å². The molecule has 0 fully saturated rings. The van der Waals surface area contributed by atoms with Crippen molar-refractivity contribution in [3.05, 3.63) is 64.2 Å². The van der Waals surface area contributed by atoms with Crippen LogP contribution in [0.5, 0.6) is 0 Å². The first-order valence-corrected chi connectivity index (χ1v) is 8.55. The molecule has 1 N–H and O–H groups in total. The molecule has 0 radical (unpaired) electrons. The van der Waals surface area contributed by atoms with Gasteiger partial charge < -0.3 is 5.32 Å². The third-order valence-electron chi connectivity index (χ3n) is 4.74. The lowest BCUT2D eigenvalue weighted by Gasteiger charge is -2.10. The van der Waals surface area contributed by atoms with Crippen LogP contribution in [0.3, 0.4) is 0 Å². The van der Waals surface area contributed by atoms with E-state index < -0.39 is 0 Å². The summed E-state index contributed by atoms with van der Waals surface area (Å²) in [5.41, 5.74) is 9.89. The van der Waals surface area contributed by atoms with Crippen LogP contribution in [0.1, 0.15) is 27.8 Å². The molecule has 0 bridgehead atoms. The SMILES string of the molecule is Cc1cc(C)cc(-c2nn(-c3cc(C)ccc3C)c3c2CCN3)c1. The van der Waals surface area contributed by atoms with Gasteiger partial charge in [-0.3, -0.25) is 0 Å². The van der Waals surface area contributed by atoms with Crippen LogP contribution in [0, 0.1) is 27.7 Å². The average molecular weight is 317 g/mol. The van der Waals surface area contributed by atoms with Crippen LogP contribution in [0.25, 0.3) is 16.9 Å². The molecule has 0 atom stereocenters. The van der Waals surface area contributed by atoms with Crippen molar-refractivity contribution in [1.29, 1.82) is 0 Å². The molecule has 0 aliphatic carbocycles. The highest BCUT2D eigenvalue weighted by atomic mass is 15.3. The molecular formula is C21H23N3. The summed E-state index contributed by atoms with van der Waals surface area (Å²) in [6.45, 7) is 9.56. The van der Waals surface area contributed by atoms with Crippen molar-refractivity contribution in [3.8, 4) is 16.9 Å². The smallest absolute Gasteiger partial charge is 0.133 e. The van der Waals surface area contributed by atoms with Gasteiger partial charge in [0.1, 0.15) is 5.82 Å². The van der Waals surface area contributed by atoms with Gasteiger partial charge in [-0.05, 0) is 63.4 Å². The number of benzene rings is 2. The molecule has 0 unspecified atom stereocenters. The Hall–Kier alpha value is -2.55. The number of anilines is 1. The third kappa shape index (κ3) is 2.41. The minimum absolute atomic E-state index is 0.982. The Kier molecular flexibility index (Phi) is 3.45. The van der Waals surface area contributed by atoms with E-state index in [0.717, 1.165) is 30.2 Å². The summed E-state index contributed by atoms with van der Waals surface area (Å²) < 4.78 is 2.09. The largest absolute Gasteiger partial charge is 0.369 e. The zero-order valence-electron chi connectivity index (χ0n) is 14.8. The number of hydrogen-bond acceptors (Lipinski definition) is 2. The van der Waals surface area contributed by atoms with Gasteiger partial charge in [-0.15, -0.1) is 0 Å². The number of aryl methyl sites for hydroxylation is 4. The lowest BCUT2D eigenvalue weighted by Crippen LogP contribution is -2.06. The molecule has 0 amide bonds. The van der Waals surface area contributed by atoms with Gasteiger partial charge in [0.25, 0.3) is 0 Å². The second-order valence-corrected chi connectivity index (χ2v) is 6.93. The normalized spacial score (nSPS) is 13.0. The van der Waals surface area contributed by atoms with Crippen molar-refractivity contribution in [1.82, 2.24) is 9.78 Å². The number of nitrogens with zero attached hydrogens (tertiary/aromatic N) is 2. The van der Waals surface area contributed by atoms with Gasteiger partial charge in [-0.1, -0.05) is 29.3 Å². The minimum Gasteiger partial charge on any atom is -0.369 e. The number of aromatic nitrogens is 2. The molecule has 2 heterocycles. The lowest BCUT2D eigenvalue weighted by molar-refractivity contribution is 0.873. The second kappa shape index (κ2) is 5.52. The van der Waals surface area contributed by atoms with Gasteiger partial charge in [0.15, 0.2) is 0 Å². The summed E-state index contributed by atoms with van der Waals surface area (Å²) in [6, 6.07) is 13.2. The first-order valence-electron chi connectivity index (χ1n) is 8.55. The lowest BCUT2D eigenvalue weighted by atomic mass is 10.0. The Labute approximate surface area is 143 Å². The molecule has 4 rings (SSSR count). The Balaban J connectivity index is 1.94. The van der Waals surface area contributed by atoms with Gasteiger partial charge in [0.2, 0.25) is 0 Å².